The molecule has 0 bridgehead atoms. The Morgan fingerprint density at radius 1 is 1.64 bits per heavy atom. The van der Waals surface area contributed by atoms with Crippen molar-refractivity contribution in [1.29, 1.82) is 0 Å². The van der Waals surface area contributed by atoms with Crippen LogP contribution in [0, 0.1) is 6.92 Å². The maximum absolute atomic E-state index is 5.73. The second-order valence-corrected chi connectivity index (χ2v) is 2.57. The SMILES string of the molecule is CCCC(N)c1noc(C)n1. The first-order valence-corrected chi connectivity index (χ1v) is 3.79. The Labute approximate surface area is 65.8 Å². The molecule has 0 saturated heterocycles. The molecule has 0 aliphatic carbocycles. The van der Waals surface area contributed by atoms with E-state index in [0.29, 0.717) is 11.7 Å². The third kappa shape index (κ3) is 2.01. The van der Waals surface area contributed by atoms with Gasteiger partial charge in [0.2, 0.25) is 5.89 Å². The van der Waals surface area contributed by atoms with Gasteiger partial charge in [-0.3, -0.25) is 0 Å². The van der Waals surface area contributed by atoms with Crippen molar-refractivity contribution in [3.63, 3.8) is 0 Å². The lowest BCUT2D eigenvalue weighted by atomic mass is 10.2. The van der Waals surface area contributed by atoms with Crippen LogP contribution in [0.1, 0.15) is 37.5 Å². The van der Waals surface area contributed by atoms with E-state index in [9.17, 15) is 0 Å². The lowest BCUT2D eigenvalue weighted by molar-refractivity contribution is 0.381. The summed E-state index contributed by atoms with van der Waals surface area (Å²) in [4.78, 5) is 4.03. The third-order valence-corrected chi connectivity index (χ3v) is 1.47. The predicted molar refractivity (Wildman–Crippen MR) is 40.9 cm³/mol. The lowest BCUT2D eigenvalue weighted by Crippen LogP contribution is -2.11. The van der Waals surface area contributed by atoms with E-state index in [1.807, 2.05) is 0 Å². The topological polar surface area (TPSA) is 64.9 Å². The molecule has 0 amide bonds. The highest BCUT2D eigenvalue weighted by atomic mass is 16.5. The van der Waals surface area contributed by atoms with Gasteiger partial charge >= 0.3 is 0 Å². The van der Waals surface area contributed by atoms with Gasteiger partial charge in [-0.15, -0.1) is 0 Å². The van der Waals surface area contributed by atoms with E-state index < -0.39 is 0 Å². The van der Waals surface area contributed by atoms with Crippen LogP contribution in [0.25, 0.3) is 0 Å². The fourth-order valence-electron chi connectivity index (χ4n) is 0.906. The Morgan fingerprint density at radius 3 is 2.82 bits per heavy atom. The Morgan fingerprint density at radius 2 is 2.36 bits per heavy atom. The molecule has 1 heterocycles. The fourth-order valence-corrected chi connectivity index (χ4v) is 0.906. The van der Waals surface area contributed by atoms with Crippen molar-refractivity contribution in [2.75, 3.05) is 0 Å². The van der Waals surface area contributed by atoms with Crippen LogP contribution in [0.3, 0.4) is 0 Å². The maximum Gasteiger partial charge on any atom is 0.223 e. The van der Waals surface area contributed by atoms with E-state index in [1.165, 1.54) is 0 Å². The average molecular weight is 155 g/mol. The van der Waals surface area contributed by atoms with Crippen molar-refractivity contribution < 1.29 is 4.52 Å². The van der Waals surface area contributed by atoms with Gasteiger partial charge in [-0.25, -0.2) is 0 Å². The molecule has 4 nitrogen and oxygen atoms in total. The zero-order valence-corrected chi connectivity index (χ0v) is 6.87. The van der Waals surface area contributed by atoms with Gasteiger partial charge in [0.25, 0.3) is 0 Å². The van der Waals surface area contributed by atoms with Crippen molar-refractivity contribution in [2.24, 2.45) is 5.73 Å². The molecule has 2 N–H and O–H groups in total. The van der Waals surface area contributed by atoms with Crippen LogP contribution < -0.4 is 5.73 Å². The van der Waals surface area contributed by atoms with Gasteiger partial charge in [0, 0.05) is 6.92 Å². The standard InChI is InChI=1S/C7H13N3O/c1-3-4-6(8)7-9-5(2)11-10-7/h6H,3-4,8H2,1-2H3. The molecule has 1 unspecified atom stereocenters. The van der Waals surface area contributed by atoms with Crippen molar-refractivity contribution in [1.82, 2.24) is 10.1 Å². The molecule has 1 aromatic rings. The quantitative estimate of drug-likeness (QED) is 0.711. The van der Waals surface area contributed by atoms with Crippen molar-refractivity contribution in [2.45, 2.75) is 32.7 Å². The van der Waals surface area contributed by atoms with Crippen LogP contribution in [0.5, 0.6) is 0 Å². The van der Waals surface area contributed by atoms with E-state index in [0.717, 1.165) is 12.8 Å². The number of rotatable bonds is 3. The molecular formula is C7H13N3O. The minimum Gasteiger partial charge on any atom is -0.340 e. The largest absolute Gasteiger partial charge is 0.340 e. The highest BCUT2D eigenvalue weighted by molar-refractivity contribution is 4.90. The second kappa shape index (κ2) is 3.48. The highest BCUT2D eigenvalue weighted by Crippen LogP contribution is 2.10. The molecule has 0 aromatic carbocycles. The van der Waals surface area contributed by atoms with Crippen molar-refractivity contribution in [3.05, 3.63) is 11.7 Å². The maximum atomic E-state index is 5.73. The van der Waals surface area contributed by atoms with Gasteiger partial charge in [0.1, 0.15) is 0 Å². The lowest BCUT2D eigenvalue weighted by Gasteiger charge is -2.02. The monoisotopic (exact) mass is 155 g/mol. The normalized spacial score (nSPS) is 13.4. The molecule has 0 fully saturated rings. The Kier molecular flexibility index (Phi) is 2.59. The zero-order valence-electron chi connectivity index (χ0n) is 6.87. The van der Waals surface area contributed by atoms with Crippen LogP contribution >= 0.6 is 0 Å². The van der Waals surface area contributed by atoms with E-state index in [1.54, 1.807) is 6.92 Å². The van der Waals surface area contributed by atoms with E-state index in [4.69, 9.17) is 10.3 Å². The van der Waals surface area contributed by atoms with Gasteiger partial charge in [-0.05, 0) is 6.42 Å². The molecule has 0 saturated carbocycles. The molecule has 11 heavy (non-hydrogen) atoms. The van der Waals surface area contributed by atoms with Crippen LogP contribution in [0.15, 0.2) is 4.52 Å². The number of hydrogen-bond donors (Lipinski definition) is 1. The van der Waals surface area contributed by atoms with E-state index in [2.05, 4.69) is 17.1 Å². The van der Waals surface area contributed by atoms with Crippen LogP contribution in [-0.2, 0) is 0 Å². The molecule has 1 rings (SSSR count). The Hall–Kier alpha value is -0.900. The second-order valence-electron chi connectivity index (χ2n) is 2.57. The first-order valence-electron chi connectivity index (χ1n) is 3.79. The Bertz CT molecular complexity index is 221. The first kappa shape index (κ1) is 8.20. The summed E-state index contributed by atoms with van der Waals surface area (Å²) >= 11 is 0. The number of aryl methyl sites for hydroxylation is 1. The van der Waals surface area contributed by atoms with E-state index >= 15 is 0 Å². The van der Waals surface area contributed by atoms with Crippen molar-refractivity contribution in [3.8, 4) is 0 Å². The molecule has 0 aliphatic rings. The number of nitrogens with two attached hydrogens (primary N) is 1. The molecule has 0 radical (unpaired) electrons. The van der Waals surface area contributed by atoms with Gasteiger partial charge in [0.05, 0.1) is 6.04 Å². The summed E-state index contributed by atoms with van der Waals surface area (Å²) in [7, 11) is 0. The van der Waals surface area contributed by atoms with Gasteiger partial charge in [0.15, 0.2) is 5.82 Å². The van der Waals surface area contributed by atoms with Gasteiger partial charge in [-0.2, -0.15) is 4.98 Å². The molecule has 1 atom stereocenters. The summed E-state index contributed by atoms with van der Waals surface area (Å²) in [5.74, 6) is 1.19. The molecule has 62 valence electrons. The zero-order chi connectivity index (χ0) is 8.27. The summed E-state index contributed by atoms with van der Waals surface area (Å²) in [5, 5.41) is 3.72. The number of aromatic nitrogens is 2. The van der Waals surface area contributed by atoms with Crippen LogP contribution in [0.4, 0.5) is 0 Å². The van der Waals surface area contributed by atoms with Gasteiger partial charge < -0.3 is 10.3 Å². The first-order chi connectivity index (χ1) is 5.24. The third-order valence-electron chi connectivity index (χ3n) is 1.47. The van der Waals surface area contributed by atoms with Gasteiger partial charge in [-0.1, -0.05) is 18.5 Å². The minimum atomic E-state index is -0.0718. The summed E-state index contributed by atoms with van der Waals surface area (Å²) in [5.41, 5.74) is 5.73. The molecular weight excluding hydrogens is 142 g/mol. The summed E-state index contributed by atoms with van der Waals surface area (Å²) in [6, 6.07) is -0.0718. The highest BCUT2D eigenvalue weighted by Gasteiger charge is 2.10. The molecule has 1 aromatic heterocycles. The van der Waals surface area contributed by atoms with Crippen LogP contribution in [-0.4, -0.2) is 10.1 Å². The van der Waals surface area contributed by atoms with Crippen LogP contribution in [0.2, 0.25) is 0 Å². The smallest absolute Gasteiger partial charge is 0.223 e. The number of nitrogens with zero attached hydrogens (tertiary/aromatic N) is 2. The average Bonchev–Trinajstić information content (AvgIpc) is 2.36. The fraction of sp³-hybridized carbons (Fsp3) is 0.714. The molecule has 0 spiro atoms. The minimum absolute atomic E-state index is 0.0718. The van der Waals surface area contributed by atoms with Crippen molar-refractivity contribution >= 4 is 0 Å². The predicted octanol–water partition coefficient (Wildman–Crippen LogP) is 1.18. The number of hydrogen-bond acceptors (Lipinski definition) is 4. The summed E-state index contributed by atoms with van der Waals surface area (Å²) < 4.78 is 4.79. The summed E-state index contributed by atoms with van der Waals surface area (Å²) in [6.07, 6.45) is 1.94. The Balaban J connectivity index is 2.60. The summed E-state index contributed by atoms with van der Waals surface area (Å²) in [6.45, 7) is 3.84. The molecule has 0 aliphatic heterocycles. The van der Waals surface area contributed by atoms with E-state index in [-0.39, 0.29) is 6.04 Å². The molecule has 4 heteroatoms.